The Labute approximate surface area is 207 Å². The number of carbonyl (C=O) groups is 1. The Morgan fingerprint density at radius 1 is 1.17 bits per heavy atom. The summed E-state index contributed by atoms with van der Waals surface area (Å²) in [6, 6.07) is 2.69. The molecular weight excluding hydrogens is 479 g/mol. The molecule has 1 N–H and O–H groups in total. The third kappa shape index (κ3) is 6.11. The fourth-order valence-corrected chi connectivity index (χ4v) is 4.65. The lowest BCUT2D eigenvalue weighted by atomic mass is 9.90. The number of aromatic nitrogens is 2. The van der Waals surface area contributed by atoms with Crippen LogP contribution in [-0.4, -0.2) is 51.1 Å². The molecule has 1 aromatic heterocycles. The Morgan fingerprint density at radius 3 is 2.56 bits per heavy atom. The zero-order valence-electron chi connectivity index (χ0n) is 20.7. The number of rotatable bonds is 5. The SMILES string of the molecule is CC(C)(C)OC(=O)N1CC[C@H](O)[C@H]1c1nc(-c2ccc(OCC3CCCCC3)c(C(F)(F)F)c2)no1. The second-order valence-corrected chi connectivity index (χ2v) is 10.5. The number of amides is 1. The van der Waals surface area contributed by atoms with E-state index in [1.807, 2.05) is 0 Å². The van der Waals surface area contributed by atoms with Gasteiger partial charge < -0.3 is 19.1 Å². The molecule has 1 aliphatic heterocycles. The monoisotopic (exact) mass is 511 g/mol. The van der Waals surface area contributed by atoms with Gasteiger partial charge in [-0.1, -0.05) is 24.4 Å². The molecule has 2 atom stereocenters. The number of likely N-dealkylation sites (tertiary alicyclic amines) is 1. The number of hydrogen-bond acceptors (Lipinski definition) is 7. The molecule has 2 fully saturated rings. The minimum atomic E-state index is -4.64. The second kappa shape index (κ2) is 10.3. The molecular formula is C25H32F3N3O5. The van der Waals surface area contributed by atoms with Crippen molar-refractivity contribution in [3.05, 3.63) is 29.7 Å². The predicted octanol–water partition coefficient (Wildman–Crippen LogP) is 5.76. The van der Waals surface area contributed by atoms with E-state index in [-0.39, 0.29) is 48.5 Å². The van der Waals surface area contributed by atoms with Gasteiger partial charge in [-0.25, -0.2) is 4.79 Å². The van der Waals surface area contributed by atoms with E-state index < -0.39 is 35.6 Å². The molecule has 1 aromatic carbocycles. The van der Waals surface area contributed by atoms with Gasteiger partial charge >= 0.3 is 12.3 Å². The van der Waals surface area contributed by atoms with Crippen LogP contribution < -0.4 is 4.74 Å². The van der Waals surface area contributed by atoms with Crippen molar-refractivity contribution in [1.29, 1.82) is 0 Å². The number of halogens is 3. The molecule has 11 heteroatoms. The molecule has 0 spiro atoms. The molecule has 0 bridgehead atoms. The van der Waals surface area contributed by atoms with E-state index in [1.165, 1.54) is 17.0 Å². The number of alkyl halides is 3. The first-order chi connectivity index (χ1) is 16.9. The molecule has 2 heterocycles. The third-order valence-corrected chi connectivity index (χ3v) is 6.43. The van der Waals surface area contributed by atoms with Crippen molar-refractivity contribution in [1.82, 2.24) is 15.0 Å². The molecule has 1 aliphatic carbocycles. The van der Waals surface area contributed by atoms with Crippen molar-refractivity contribution >= 4 is 6.09 Å². The summed E-state index contributed by atoms with van der Waals surface area (Å²) in [5.74, 6) is -0.141. The average Bonchev–Trinajstić information content (AvgIpc) is 3.43. The largest absolute Gasteiger partial charge is 0.493 e. The van der Waals surface area contributed by atoms with E-state index in [2.05, 4.69) is 10.1 Å². The Balaban J connectivity index is 1.55. The Kier molecular flexibility index (Phi) is 7.49. The summed E-state index contributed by atoms with van der Waals surface area (Å²) in [4.78, 5) is 18.1. The first kappa shape index (κ1) is 26.2. The van der Waals surface area contributed by atoms with Crippen LogP contribution in [0.15, 0.2) is 22.7 Å². The molecule has 8 nitrogen and oxygen atoms in total. The highest BCUT2D eigenvalue weighted by Crippen LogP contribution is 2.40. The Bertz CT molecular complexity index is 1060. The van der Waals surface area contributed by atoms with Gasteiger partial charge in [0.05, 0.1) is 18.3 Å². The van der Waals surface area contributed by atoms with Crippen LogP contribution in [0.1, 0.15) is 76.8 Å². The van der Waals surface area contributed by atoms with Gasteiger partial charge in [0.1, 0.15) is 17.4 Å². The standard InChI is InChI=1S/C25H32F3N3O5/c1-24(2,3)35-23(33)31-12-11-18(32)20(31)22-29-21(30-36-22)16-9-10-19(17(13-16)25(26,27)28)34-14-15-7-5-4-6-8-15/h9-10,13,15,18,20,32H,4-8,11-12,14H2,1-3H3/t18-,20-/m0/s1. The van der Waals surface area contributed by atoms with E-state index in [9.17, 15) is 23.1 Å². The zero-order valence-corrected chi connectivity index (χ0v) is 20.7. The van der Waals surface area contributed by atoms with Crippen molar-refractivity contribution in [2.24, 2.45) is 5.92 Å². The highest BCUT2D eigenvalue weighted by molar-refractivity contribution is 5.69. The smallest absolute Gasteiger partial charge is 0.419 e. The number of ether oxygens (including phenoxy) is 2. The zero-order chi connectivity index (χ0) is 26.1. The molecule has 0 unspecified atom stereocenters. The fraction of sp³-hybridized carbons (Fsp3) is 0.640. The van der Waals surface area contributed by atoms with Crippen LogP contribution in [0.3, 0.4) is 0 Å². The van der Waals surface area contributed by atoms with Crippen LogP contribution >= 0.6 is 0 Å². The quantitative estimate of drug-likeness (QED) is 0.545. The molecule has 4 rings (SSSR count). The Hall–Kier alpha value is -2.82. The lowest BCUT2D eigenvalue weighted by molar-refractivity contribution is -0.139. The predicted molar refractivity (Wildman–Crippen MR) is 123 cm³/mol. The summed E-state index contributed by atoms with van der Waals surface area (Å²) >= 11 is 0. The van der Waals surface area contributed by atoms with E-state index in [4.69, 9.17) is 14.0 Å². The number of benzene rings is 1. The van der Waals surface area contributed by atoms with Gasteiger partial charge in [-0.2, -0.15) is 18.2 Å². The van der Waals surface area contributed by atoms with Gasteiger partial charge in [0, 0.05) is 12.1 Å². The van der Waals surface area contributed by atoms with Crippen molar-refractivity contribution in [2.75, 3.05) is 13.2 Å². The molecule has 2 aromatic rings. The highest BCUT2D eigenvalue weighted by atomic mass is 19.4. The maximum atomic E-state index is 13.9. The van der Waals surface area contributed by atoms with E-state index in [0.717, 1.165) is 38.2 Å². The number of aliphatic hydroxyl groups excluding tert-OH is 1. The summed E-state index contributed by atoms with van der Waals surface area (Å²) in [7, 11) is 0. The number of nitrogens with zero attached hydrogens (tertiary/aromatic N) is 3. The van der Waals surface area contributed by atoms with Crippen molar-refractivity contribution in [3.63, 3.8) is 0 Å². The molecule has 0 radical (unpaired) electrons. The van der Waals surface area contributed by atoms with Gasteiger partial charge in [-0.3, -0.25) is 4.90 Å². The van der Waals surface area contributed by atoms with E-state index >= 15 is 0 Å². The first-order valence-electron chi connectivity index (χ1n) is 12.3. The summed E-state index contributed by atoms with van der Waals surface area (Å²) < 4.78 is 57.8. The number of carbonyl (C=O) groups excluding carboxylic acids is 1. The fourth-order valence-electron chi connectivity index (χ4n) is 4.65. The number of hydrogen-bond donors (Lipinski definition) is 1. The third-order valence-electron chi connectivity index (χ3n) is 6.43. The maximum Gasteiger partial charge on any atom is 0.419 e. The van der Waals surface area contributed by atoms with Crippen molar-refractivity contribution in [2.45, 2.75) is 83.2 Å². The first-order valence-corrected chi connectivity index (χ1v) is 12.3. The highest BCUT2D eigenvalue weighted by Gasteiger charge is 2.43. The molecule has 1 saturated heterocycles. The molecule has 198 valence electrons. The van der Waals surface area contributed by atoms with Crippen LogP contribution in [0.25, 0.3) is 11.4 Å². The summed E-state index contributed by atoms with van der Waals surface area (Å²) in [6.07, 6.45) is -0.794. The molecule has 2 aliphatic rings. The van der Waals surface area contributed by atoms with Crippen LogP contribution in [-0.2, 0) is 10.9 Å². The van der Waals surface area contributed by atoms with Crippen LogP contribution in [0.4, 0.5) is 18.0 Å². The Morgan fingerprint density at radius 2 is 1.89 bits per heavy atom. The normalized spacial score (nSPS) is 21.6. The minimum Gasteiger partial charge on any atom is -0.493 e. The topological polar surface area (TPSA) is 97.9 Å². The van der Waals surface area contributed by atoms with Gasteiger partial charge in [-0.05, 0) is 64.2 Å². The number of aliphatic hydroxyl groups is 1. The van der Waals surface area contributed by atoms with E-state index in [1.54, 1.807) is 20.8 Å². The van der Waals surface area contributed by atoms with Gasteiger partial charge in [0.15, 0.2) is 0 Å². The molecule has 36 heavy (non-hydrogen) atoms. The minimum absolute atomic E-state index is 0.0768. The van der Waals surface area contributed by atoms with Crippen molar-refractivity contribution in [3.8, 4) is 17.1 Å². The maximum absolute atomic E-state index is 13.9. The van der Waals surface area contributed by atoms with Crippen LogP contribution in [0, 0.1) is 5.92 Å². The van der Waals surface area contributed by atoms with Gasteiger partial charge in [0.25, 0.3) is 5.89 Å². The van der Waals surface area contributed by atoms with Crippen molar-refractivity contribution < 1.29 is 37.1 Å². The molecule has 1 saturated carbocycles. The van der Waals surface area contributed by atoms with Crippen LogP contribution in [0.5, 0.6) is 5.75 Å². The van der Waals surface area contributed by atoms with Gasteiger partial charge in [0.2, 0.25) is 5.82 Å². The summed E-state index contributed by atoms with van der Waals surface area (Å²) in [5.41, 5.74) is -1.58. The van der Waals surface area contributed by atoms with Crippen LogP contribution in [0.2, 0.25) is 0 Å². The second-order valence-electron chi connectivity index (χ2n) is 10.5. The lowest BCUT2D eigenvalue weighted by Gasteiger charge is -2.27. The lowest BCUT2D eigenvalue weighted by Crippen LogP contribution is -2.38. The average molecular weight is 512 g/mol. The van der Waals surface area contributed by atoms with E-state index in [0.29, 0.717) is 0 Å². The summed E-state index contributed by atoms with van der Waals surface area (Å²) in [5, 5.41) is 14.3. The summed E-state index contributed by atoms with van der Waals surface area (Å²) in [6.45, 7) is 5.62. The van der Waals surface area contributed by atoms with Gasteiger partial charge in [-0.15, -0.1) is 0 Å². The molecule has 1 amide bonds.